The molecule has 0 bridgehead atoms. The van der Waals surface area contributed by atoms with E-state index in [0.717, 1.165) is 15.0 Å². The number of nitrogens with one attached hydrogen (secondary N) is 1. The fourth-order valence-electron chi connectivity index (χ4n) is 1.82. The van der Waals surface area contributed by atoms with Gasteiger partial charge in [0.25, 0.3) is 5.91 Å². The number of hydrogen-bond donors (Lipinski definition) is 1. The lowest BCUT2D eigenvalue weighted by atomic mass is 10.2. The van der Waals surface area contributed by atoms with Gasteiger partial charge in [-0.05, 0) is 45.8 Å². The molecule has 1 amide bonds. The van der Waals surface area contributed by atoms with E-state index >= 15 is 0 Å². The third kappa shape index (κ3) is 5.20. The van der Waals surface area contributed by atoms with Gasteiger partial charge >= 0.3 is 0 Å². The lowest BCUT2D eigenvalue weighted by molar-refractivity contribution is 0.0959. The number of rotatable bonds is 6. The Bertz CT molecular complexity index is 733. The summed E-state index contributed by atoms with van der Waals surface area (Å²) in [6, 6.07) is 13.4. The largest absolute Gasteiger partial charge is 0.374 e. The molecule has 1 N–H and O–H groups in total. The zero-order valence-corrected chi connectivity index (χ0v) is 14.9. The molecule has 0 spiro atoms. The average Bonchev–Trinajstić information content (AvgIpc) is 2.99. The van der Waals surface area contributed by atoms with E-state index in [9.17, 15) is 4.79 Å². The van der Waals surface area contributed by atoms with E-state index < -0.39 is 0 Å². The summed E-state index contributed by atoms with van der Waals surface area (Å²) in [5.41, 5.74) is 4.42. The van der Waals surface area contributed by atoms with E-state index in [1.165, 1.54) is 11.3 Å². The Labute approximate surface area is 147 Å². The van der Waals surface area contributed by atoms with Crippen LogP contribution in [0, 0.1) is 11.3 Å². The van der Waals surface area contributed by atoms with Crippen LogP contribution in [0.5, 0.6) is 0 Å². The van der Waals surface area contributed by atoms with Gasteiger partial charge in [-0.2, -0.15) is 10.4 Å². The summed E-state index contributed by atoms with van der Waals surface area (Å²) in [5, 5.41) is 12.6. The number of nitrogens with zero attached hydrogens (tertiary/aromatic N) is 3. The van der Waals surface area contributed by atoms with Crippen LogP contribution >= 0.6 is 27.3 Å². The zero-order valence-electron chi connectivity index (χ0n) is 12.5. The van der Waals surface area contributed by atoms with Crippen molar-refractivity contribution >= 4 is 45.1 Å². The second-order valence-corrected chi connectivity index (χ2v) is 7.19. The number of anilines is 1. The van der Waals surface area contributed by atoms with Crippen molar-refractivity contribution in [2.45, 2.75) is 6.42 Å². The van der Waals surface area contributed by atoms with Crippen LogP contribution in [0.3, 0.4) is 0 Å². The Hall–Kier alpha value is -2.17. The lowest BCUT2D eigenvalue weighted by Crippen LogP contribution is -2.18. The van der Waals surface area contributed by atoms with Gasteiger partial charge in [-0.1, -0.05) is 12.1 Å². The number of carbonyl (C=O) groups excluding carboxylic acids is 1. The Kier molecular flexibility index (Phi) is 6.32. The molecule has 0 radical (unpaired) electrons. The van der Waals surface area contributed by atoms with Gasteiger partial charge in [0.05, 0.1) is 27.4 Å². The third-order valence-corrected chi connectivity index (χ3v) is 4.69. The Balaban J connectivity index is 1.90. The smallest absolute Gasteiger partial charge is 0.281 e. The highest BCUT2D eigenvalue weighted by Gasteiger charge is 2.06. The lowest BCUT2D eigenvalue weighted by Gasteiger charge is -2.17. The van der Waals surface area contributed by atoms with Crippen LogP contribution in [0.4, 0.5) is 5.69 Å². The van der Waals surface area contributed by atoms with Gasteiger partial charge in [-0.15, -0.1) is 11.3 Å². The van der Waals surface area contributed by atoms with E-state index in [4.69, 9.17) is 5.26 Å². The van der Waals surface area contributed by atoms with Crippen LogP contribution in [0.2, 0.25) is 0 Å². The van der Waals surface area contributed by atoms with Gasteiger partial charge in [0, 0.05) is 19.3 Å². The molecule has 0 unspecified atom stereocenters. The number of nitriles is 1. The molecule has 1 aromatic carbocycles. The highest BCUT2D eigenvalue weighted by Crippen LogP contribution is 2.21. The van der Waals surface area contributed by atoms with Crippen molar-refractivity contribution in [1.29, 1.82) is 5.26 Å². The molecule has 0 aliphatic rings. The fraction of sp³-hybridized carbons (Fsp3) is 0.188. The first-order chi connectivity index (χ1) is 11.1. The van der Waals surface area contributed by atoms with Gasteiger partial charge in [0.15, 0.2) is 0 Å². The number of thiophene rings is 1. The molecule has 0 aliphatic heterocycles. The molecule has 0 fully saturated rings. The molecular formula is C16H15BrN4OS. The normalized spacial score (nSPS) is 10.5. The van der Waals surface area contributed by atoms with Gasteiger partial charge in [0.2, 0.25) is 0 Å². The maximum Gasteiger partial charge on any atom is 0.281 e. The van der Waals surface area contributed by atoms with Crippen LogP contribution in [-0.4, -0.2) is 25.7 Å². The van der Waals surface area contributed by atoms with E-state index in [1.807, 2.05) is 42.3 Å². The average molecular weight is 391 g/mol. The predicted octanol–water partition coefficient (Wildman–Crippen LogP) is 3.62. The van der Waals surface area contributed by atoms with Gasteiger partial charge < -0.3 is 4.90 Å². The van der Waals surface area contributed by atoms with Crippen LogP contribution in [0.1, 0.15) is 21.7 Å². The minimum Gasteiger partial charge on any atom is -0.374 e. The Morgan fingerprint density at radius 2 is 2.13 bits per heavy atom. The molecule has 0 saturated heterocycles. The SMILES string of the molecule is CN(CCC#N)c1ccc(/C=N\NC(=O)c2ccc(Br)s2)cc1. The third-order valence-electron chi connectivity index (χ3n) is 3.07. The van der Waals surface area contributed by atoms with Crippen LogP contribution in [0.25, 0.3) is 0 Å². The fourth-order valence-corrected chi connectivity index (χ4v) is 3.09. The first kappa shape index (κ1) is 17.2. The monoisotopic (exact) mass is 390 g/mol. The van der Waals surface area contributed by atoms with E-state index in [1.54, 1.807) is 12.3 Å². The Morgan fingerprint density at radius 3 is 2.74 bits per heavy atom. The molecule has 0 aliphatic carbocycles. The molecule has 1 heterocycles. The topological polar surface area (TPSA) is 68.5 Å². The van der Waals surface area contributed by atoms with Crippen molar-refractivity contribution in [2.75, 3.05) is 18.5 Å². The summed E-state index contributed by atoms with van der Waals surface area (Å²) < 4.78 is 0.905. The van der Waals surface area contributed by atoms with Crippen molar-refractivity contribution in [1.82, 2.24) is 5.43 Å². The number of hydrazone groups is 1. The van der Waals surface area contributed by atoms with Crippen LogP contribution in [0.15, 0.2) is 45.3 Å². The van der Waals surface area contributed by atoms with Crippen molar-refractivity contribution < 1.29 is 4.79 Å². The second kappa shape index (κ2) is 8.46. The number of carbonyl (C=O) groups is 1. The maximum atomic E-state index is 11.8. The molecule has 118 valence electrons. The quantitative estimate of drug-likeness (QED) is 0.604. The number of benzene rings is 1. The minimum absolute atomic E-state index is 0.232. The second-order valence-electron chi connectivity index (χ2n) is 4.72. The van der Waals surface area contributed by atoms with Crippen molar-refractivity contribution in [2.24, 2.45) is 5.10 Å². The summed E-state index contributed by atoms with van der Waals surface area (Å²) >= 11 is 4.67. The minimum atomic E-state index is -0.232. The van der Waals surface area contributed by atoms with Gasteiger partial charge in [-0.3, -0.25) is 4.79 Å². The summed E-state index contributed by atoms with van der Waals surface area (Å²) in [7, 11) is 1.94. The molecule has 7 heteroatoms. The van der Waals surface area contributed by atoms with E-state index in [-0.39, 0.29) is 5.91 Å². The molecular weight excluding hydrogens is 376 g/mol. The van der Waals surface area contributed by atoms with E-state index in [2.05, 4.69) is 32.5 Å². The first-order valence-electron chi connectivity index (χ1n) is 6.87. The summed E-state index contributed by atoms with van der Waals surface area (Å²) in [5.74, 6) is -0.232. The molecule has 2 rings (SSSR count). The molecule has 1 aromatic heterocycles. The highest BCUT2D eigenvalue weighted by molar-refractivity contribution is 9.11. The molecule has 2 aromatic rings. The van der Waals surface area contributed by atoms with Crippen LogP contribution < -0.4 is 10.3 Å². The van der Waals surface area contributed by atoms with Gasteiger partial charge in [0.1, 0.15) is 0 Å². The number of halogens is 1. The zero-order chi connectivity index (χ0) is 16.7. The highest BCUT2D eigenvalue weighted by atomic mass is 79.9. The standard InChI is InChI=1S/C16H15BrN4OS/c1-21(10-2-9-18)13-5-3-12(4-6-13)11-19-20-16(22)14-7-8-15(17)23-14/h3-8,11H,2,10H2,1H3,(H,20,22)/b19-11-. The Morgan fingerprint density at radius 1 is 1.39 bits per heavy atom. The summed E-state index contributed by atoms with van der Waals surface area (Å²) in [6.07, 6.45) is 2.09. The summed E-state index contributed by atoms with van der Waals surface area (Å²) in [6.45, 7) is 0.691. The van der Waals surface area contributed by atoms with Crippen LogP contribution in [-0.2, 0) is 0 Å². The molecule has 0 saturated carbocycles. The number of amides is 1. The van der Waals surface area contributed by atoms with Crippen molar-refractivity contribution in [3.63, 3.8) is 0 Å². The van der Waals surface area contributed by atoms with Crippen molar-refractivity contribution in [3.05, 3.63) is 50.6 Å². The molecule has 5 nitrogen and oxygen atoms in total. The van der Waals surface area contributed by atoms with E-state index in [0.29, 0.717) is 17.8 Å². The predicted molar refractivity (Wildman–Crippen MR) is 97.0 cm³/mol. The molecule has 0 atom stereocenters. The maximum absolute atomic E-state index is 11.8. The summed E-state index contributed by atoms with van der Waals surface area (Å²) in [4.78, 5) is 14.4. The van der Waals surface area contributed by atoms with Gasteiger partial charge in [-0.25, -0.2) is 5.43 Å². The first-order valence-corrected chi connectivity index (χ1v) is 8.48. The number of hydrogen-bond acceptors (Lipinski definition) is 5. The molecule has 23 heavy (non-hydrogen) atoms. The van der Waals surface area contributed by atoms with Crippen molar-refractivity contribution in [3.8, 4) is 6.07 Å².